The Hall–Kier alpha value is -3.54. The van der Waals surface area contributed by atoms with Crippen LogP contribution in [0.15, 0.2) is 88.5 Å². The van der Waals surface area contributed by atoms with Crippen molar-refractivity contribution < 1.29 is 9.21 Å². The molecule has 0 aliphatic carbocycles. The molecule has 0 bridgehead atoms. The molecule has 0 radical (unpaired) electrons. The van der Waals surface area contributed by atoms with Crippen LogP contribution in [0.4, 0.5) is 10.7 Å². The zero-order chi connectivity index (χ0) is 18.2. The summed E-state index contributed by atoms with van der Waals surface area (Å²) in [7, 11) is 0. The second-order valence-corrected chi connectivity index (χ2v) is 5.71. The van der Waals surface area contributed by atoms with E-state index in [4.69, 9.17) is 10.2 Å². The van der Waals surface area contributed by atoms with Gasteiger partial charge in [-0.05, 0) is 17.2 Å². The molecule has 0 unspecified atom stereocenters. The lowest BCUT2D eigenvalue weighted by molar-refractivity contribution is 0.197. The van der Waals surface area contributed by atoms with Gasteiger partial charge < -0.3 is 15.1 Å². The molecule has 6 nitrogen and oxygen atoms in total. The Bertz CT molecular complexity index is 805. The van der Waals surface area contributed by atoms with E-state index >= 15 is 0 Å². The summed E-state index contributed by atoms with van der Waals surface area (Å²) in [5, 5.41) is 2.61. The first kappa shape index (κ1) is 17.3. The van der Waals surface area contributed by atoms with E-state index in [9.17, 15) is 4.79 Å². The highest BCUT2D eigenvalue weighted by molar-refractivity contribution is 5.96. The summed E-state index contributed by atoms with van der Waals surface area (Å²) in [6.07, 6.45) is 1.49. The molecule has 0 fully saturated rings. The third-order valence-corrected chi connectivity index (χ3v) is 3.69. The molecule has 0 aliphatic rings. The second kappa shape index (κ2) is 8.53. The van der Waals surface area contributed by atoms with Gasteiger partial charge in [-0.25, -0.2) is 4.79 Å². The first-order valence-corrected chi connectivity index (χ1v) is 8.22. The molecule has 0 spiro atoms. The predicted octanol–water partition coefficient (Wildman–Crippen LogP) is 3.64. The Labute approximate surface area is 152 Å². The van der Waals surface area contributed by atoms with Gasteiger partial charge in [0.2, 0.25) is 11.8 Å². The van der Waals surface area contributed by atoms with Crippen LogP contribution in [0.3, 0.4) is 0 Å². The Morgan fingerprint density at radius 3 is 2.00 bits per heavy atom. The van der Waals surface area contributed by atoms with E-state index in [-0.39, 0.29) is 12.0 Å². The number of guanidine groups is 1. The highest BCUT2D eigenvalue weighted by Gasteiger charge is 2.15. The average molecular weight is 348 g/mol. The SMILES string of the molecule is N/C(=N\c1ccco1)NC(=O)N(Cc1ccccc1)Cc1ccccc1. The standard InChI is InChI=1S/C20H20N4O2/c21-19(22-18-12-7-13-26-18)23-20(25)24(14-16-8-3-1-4-9-16)15-17-10-5-2-6-11-17/h1-13H,14-15H2,(H3,21,22,23,25). The van der Waals surface area contributed by atoms with Crippen LogP contribution in [0.25, 0.3) is 0 Å². The number of urea groups is 1. The van der Waals surface area contributed by atoms with Crippen LogP contribution < -0.4 is 11.1 Å². The minimum Gasteiger partial charge on any atom is -0.447 e. The molecule has 1 heterocycles. The van der Waals surface area contributed by atoms with Gasteiger partial charge in [0.05, 0.1) is 6.26 Å². The van der Waals surface area contributed by atoms with Crippen molar-refractivity contribution in [3.05, 3.63) is 90.2 Å². The molecule has 6 heteroatoms. The molecule has 0 aliphatic heterocycles. The molecule has 3 rings (SSSR count). The Morgan fingerprint density at radius 2 is 1.50 bits per heavy atom. The third-order valence-electron chi connectivity index (χ3n) is 3.69. The number of carbonyl (C=O) groups is 1. The Kier molecular flexibility index (Phi) is 5.67. The van der Waals surface area contributed by atoms with Crippen LogP contribution >= 0.6 is 0 Å². The summed E-state index contributed by atoms with van der Waals surface area (Å²) in [6.45, 7) is 0.908. The summed E-state index contributed by atoms with van der Waals surface area (Å²) in [5.41, 5.74) is 7.88. The molecule has 2 aromatic carbocycles. The first-order chi connectivity index (χ1) is 12.7. The average Bonchev–Trinajstić information content (AvgIpc) is 3.15. The van der Waals surface area contributed by atoms with E-state index in [0.717, 1.165) is 11.1 Å². The van der Waals surface area contributed by atoms with Crippen LogP contribution in [-0.2, 0) is 13.1 Å². The molecule has 0 saturated heterocycles. The van der Waals surface area contributed by atoms with Crippen LogP contribution in [0.1, 0.15) is 11.1 Å². The van der Waals surface area contributed by atoms with Crippen LogP contribution in [0.2, 0.25) is 0 Å². The zero-order valence-electron chi connectivity index (χ0n) is 14.2. The molecule has 0 saturated carbocycles. The van der Waals surface area contributed by atoms with Gasteiger partial charge in [0.15, 0.2) is 0 Å². The van der Waals surface area contributed by atoms with Crippen molar-refractivity contribution in [3.8, 4) is 0 Å². The monoisotopic (exact) mass is 348 g/mol. The number of nitrogens with two attached hydrogens (primary N) is 1. The molecular formula is C20H20N4O2. The number of rotatable bonds is 5. The highest BCUT2D eigenvalue weighted by Crippen LogP contribution is 2.12. The van der Waals surface area contributed by atoms with Crippen molar-refractivity contribution in [2.45, 2.75) is 13.1 Å². The fourth-order valence-corrected chi connectivity index (χ4v) is 2.48. The molecule has 2 amide bonds. The van der Waals surface area contributed by atoms with Crippen molar-refractivity contribution in [2.75, 3.05) is 0 Å². The molecule has 1 aromatic heterocycles. The van der Waals surface area contributed by atoms with E-state index in [2.05, 4.69) is 10.3 Å². The molecule has 3 aromatic rings. The number of nitrogens with one attached hydrogen (secondary N) is 1. The van der Waals surface area contributed by atoms with Crippen LogP contribution in [0.5, 0.6) is 0 Å². The van der Waals surface area contributed by atoms with E-state index in [1.165, 1.54) is 6.26 Å². The zero-order valence-corrected chi connectivity index (χ0v) is 14.2. The predicted molar refractivity (Wildman–Crippen MR) is 101 cm³/mol. The van der Waals surface area contributed by atoms with E-state index in [0.29, 0.717) is 19.0 Å². The third kappa shape index (κ3) is 4.98. The van der Waals surface area contributed by atoms with Crippen molar-refractivity contribution >= 4 is 17.9 Å². The van der Waals surface area contributed by atoms with Crippen molar-refractivity contribution in [1.29, 1.82) is 0 Å². The largest absolute Gasteiger partial charge is 0.447 e. The maximum Gasteiger partial charge on any atom is 0.324 e. The van der Waals surface area contributed by atoms with E-state index in [1.807, 2.05) is 60.7 Å². The smallest absolute Gasteiger partial charge is 0.324 e. The molecule has 26 heavy (non-hydrogen) atoms. The van der Waals surface area contributed by atoms with Gasteiger partial charge in [0.25, 0.3) is 0 Å². The summed E-state index contributed by atoms with van der Waals surface area (Å²) >= 11 is 0. The van der Waals surface area contributed by atoms with Crippen molar-refractivity contribution in [2.24, 2.45) is 10.7 Å². The second-order valence-electron chi connectivity index (χ2n) is 5.71. The first-order valence-electron chi connectivity index (χ1n) is 8.22. The minimum absolute atomic E-state index is 0.0175. The molecule has 0 atom stereocenters. The lowest BCUT2D eigenvalue weighted by Gasteiger charge is -2.23. The number of furan rings is 1. The lowest BCUT2D eigenvalue weighted by atomic mass is 10.2. The number of hydrogen-bond donors (Lipinski definition) is 2. The van der Waals surface area contributed by atoms with Gasteiger partial charge in [-0.3, -0.25) is 5.32 Å². The van der Waals surface area contributed by atoms with Gasteiger partial charge in [-0.2, -0.15) is 4.99 Å². The van der Waals surface area contributed by atoms with Gasteiger partial charge in [0, 0.05) is 19.2 Å². The topological polar surface area (TPSA) is 83.9 Å². The normalized spacial score (nSPS) is 11.2. The van der Waals surface area contributed by atoms with Gasteiger partial charge in [0.1, 0.15) is 0 Å². The maximum atomic E-state index is 12.7. The minimum atomic E-state index is -0.328. The van der Waals surface area contributed by atoms with Crippen molar-refractivity contribution in [1.82, 2.24) is 10.2 Å². The quantitative estimate of drug-likeness (QED) is 0.545. The fraction of sp³-hybridized carbons (Fsp3) is 0.100. The number of nitrogens with zero attached hydrogens (tertiary/aromatic N) is 2. The lowest BCUT2D eigenvalue weighted by Crippen LogP contribution is -2.45. The number of carbonyl (C=O) groups excluding carboxylic acids is 1. The number of amides is 2. The summed E-state index contributed by atoms with van der Waals surface area (Å²) < 4.78 is 5.11. The molecular weight excluding hydrogens is 328 g/mol. The Balaban J connectivity index is 1.74. The van der Waals surface area contributed by atoms with Gasteiger partial charge >= 0.3 is 6.03 Å². The van der Waals surface area contributed by atoms with Gasteiger partial charge in [-0.15, -0.1) is 0 Å². The number of aliphatic imine (C=N–C) groups is 1. The van der Waals surface area contributed by atoms with Crippen molar-refractivity contribution in [3.63, 3.8) is 0 Å². The number of hydrogen-bond acceptors (Lipinski definition) is 3. The van der Waals surface area contributed by atoms with E-state index in [1.54, 1.807) is 17.0 Å². The maximum absolute atomic E-state index is 12.7. The van der Waals surface area contributed by atoms with Crippen LogP contribution in [0, 0.1) is 0 Å². The Morgan fingerprint density at radius 1 is 0.923 bits per heavy atom. The number of benzene rings is 2. The van der Waals surface area contributed by atoms with E-state index < -0.39 is 0 Å². The highest BCUT2D eigenvalue weighted by atomic mass is 16.3. The van der Waals surface area contributed by atoms with Gasteiger partial charge in [-0.1, -0.05) is 60.7 Å². The molecule has 3 N–H and O–H groups in total. The fourth-order valence-electron chi connectivity index (χ4n) is 2.48. The summed E-state index contributed by atoms with van der Waals surface area (Å²) in [6, 6.07) is 22.6. The summed E-state index contributed by atoms with van der Waals surface area (Å²) in [4.78, 5) is 18.4. The summed E-state index contributed by atoms with van der Waals surface area (Å²) in [5.74, 6) is 0.316. The molecule has 132 valence electrons. The van der Waals surface area contributed by atoms with Crippen LogP contribution in [-0.4, -0.2) is 16.9 Å².